The first-order chi connectivity index (χ1) is 26.2. The van der Waals surface area contributed by atoms with E-state index >= 15 is 0 Å². The van der Waals surface area contributed by atoms with Gasteiger partial charge in [-0.3, -0.25) is 0 Å². The molecule has 7 aromatic rings. The van der Waals surface area contributed by atoms with Crippen molar-refractivity contribution in [2.75, 3.05) is 4.90 Å². The molecular weight excluding hydrogens is 655 g/mol. The van der Waals surface area contributed by atoms with Crippen LogP contribution in [0, 0.1) is 17.8 Å². The summed E-state index contributed by atoms with van der Waals surface area (Å²) in [5.74, 6) is 2.76. The van der Waals surface area contributed by atoms with Gasteiger partial charge in [-0.25, -0.2) is 0 Å². The summed E-state index contributed by atoms with van der Waals surface area (Å²) < 4.78 is 7.01. The molecule has 13 rings (SSSR count). The van der Waals surface area contributed by atoms with Crippen molar-refractivity contribution in [3.8, 4) is 22.3 Å². The number of furan rings is 1. The van der Waals surface area contributed by atoms with Crippen molar-refractivity contribution < 1.29 is 4.42 Å². The molecule has 1 aromatic heterocycles. The first-order valence-corrected chi connectivity index (χ1v) is 20.4. The molecule has 0 aliphatic heterocycles. The van der Waals surface area contributed by atoms with Crippen molar-refractivity contribution in [2.45, 2.75) is 82.5 Å². The minimum absolute atomic E-state index is 0.103. The van der Waals surface area contributed by atoms with E-state index in [4.69, 9.17) is 4.42 Å². The molecule has 54 heavy (non-hydrogen) atoms. The number of para-hydroxylation sites is 1. The summed E-state index contributed by atoms with van der Waals surface area (Å²) in [6, 6.07) is 46.2. The van der Waals surface area contributed by atoms with Gasteiger partial charge in [-0.15, -0.1) is 0 Å². The summed E-state index contributed by atoms with van der Waals surface area (Å²) >= 11 is 0. The molecular formula is C52H47NO. The Hall–Kier alpha value is -5.08. The zero-order chi connectivity index (χ0) is 36.1. The van der Waals surface area contributed by atoms with Crippen LogP contribution in [0.2, 0.25) is 0 Å². The highest BCUT2D eigenvalue weighted by atomic mass is 16.3. The second-order valence-electron chi connectivity index (χ2n) is 18.8. The Morgan fingerprint density at radius 2 is 1.04 bits per heavy atom. The molecule has 0 N–H and O–H groups in total. The molecule has 6 aromatic carbocycles. The van der Waals surface area contributed by atoms with Crippen molar-refractivity contribution in [1.29, 1.82) is 0 Å². The number of hydrogen-bond acceptors (Lipinski definition) is 2. The van der Waals surface area contributed by atoms with Crippen molar-refractivity contribution in [2.24, 2.45) is 17.8 Å². The molecule has 0 saturated heterocycles. The minimum Gasteiger partial charge on any atom is -0.454 e. The maximum atomic E-state index is 7.01. The highest BCUT2D eigenvalue weighted by Crippen LogP contribution is 2.61. The standard InChI is InChI=1S/C52H47NO/c1-50(2)43-13-7-5-10-37(43)39-19-17-35(26-45(39)50)53(36-18-20-40-38-11-6-8-14-44(38)51(3,4)46(40)27-36)47-15-9-12-41-42-25-34(16-21-48(42)54-49(41)47)52-28-31-22-32(29-52)24-33(23-31)30-52/h5-21,25-27,31-33H,22-24,28-30H2,1-4H3. The van der Waals surface area contributed by atoms with Crippen molar-refractivity contribution >= 4 is 39.0 Å². The third kappa shape index (κ3) is 4.12. The summed E-state index contributed by atoms with van der Waals surface area (Å²) in [6.45, 7) is 9.51. The lowest BCUT2D eigenvalue weighted by Gasteiger charge is -2.57. The van der Waals surface area contributed by atoms with Crippen LogP contribution in [0.15, 0.2) is 126 Å². The fraction of sp³-hybridized carbons (Fsp3) is 0.308. The molecule has 6 aliphatic carbocycles. The van der Waals surface area contributed by atoms with E-state index in [1.165, 1.54) is 93.8 Å². The van der Waals surface area contributed by atoms with Crippen LogP contribution in [0.4, 0.5) is 17.1 Å². The van der Waals surface area contributed by atoms with Crippen LogP contribution in [-0.2, 0) is 16.2 Å². The van der Waals surface area contributed by atoms with Gasteiger partial charge < -0.3 is 9.32 Å². The van der Waals surface area contributed by atoms with E-state index in [2.05, 4.69) is 154 Å². The van der Waals surface area contributed by atoms with Crippen molar-refractivity contribution in [3.05, 3.63) is 149 Å². The topological polar surface area (TPSA) is 16.4 Å². The first-order valence-electron chi connectivity index (χ1n) is 20.4. The third-order valence-electron chi connectivity index (χ3n) is 15.0. The molecule has 4 fully saturated rings. The Balaban J connectivity index is 1.06. The summed E-state index contributed by atoms with van der Waals surface area (Å²) in [4.78, 5) is 2.48. The SMILES string of the molecule is CC1(C)c2ccccc2-c2ccc(N(c3ccc4c(c3)C(C)(C)c3ccccc3-4)c3cccc4c3oc3ccc(C56CC7CC(CC(C7)C5)C6)cc34)cc21. The number of rotatable bonds is 4. The summed E-state index contributed by atoms with van der Waals surface area (Å²) in [5.41, 5.74) is 18.0. The van der Waals surface area contributed by atoms with Gasteiger partial charge in [0.2, 0.25) is 0 Å². The Kier molecular flexibility index (Phi) is 6.12. The normalized spacial score (nSPS) is 24.8. The van der Waals surface area contributed by atoms with Gasteiger partial charge in [-0.1, -0.05) is 107 Å². The second-order valence-corrected chi connectivity index (χ2v) is 18.8. The van der Waals surface area contributed by atoms with E-state index in [1.807, 2.05) is 0 Å². The second kappa shape index (κ2) is 10.6. The lowest BCUT2D eigenvalue weighted by molar-refractivity contribution is -0.00513. The maximum Gasteiger partial charge on any atom is 0.159 e. The minimum atomic E-state index is -0.103. The number of nitrogens with zero attached hydrogens (tertiary/aromatic N) is 1. The molecule has 2 nitrogen and oxygen atoms in total. The Bertz CT molecular complexity index is 2580. The smallest absolute Gasteiger partial charge is 0.159 e. The molecule has 0 atom stereocenters. The Morgan fingerprint density at radius 1 is 0.500 bits per heavy atom. The van der Waals surface area contributed by atoms with E-state index in [9.17, 15) is 0 Å². The Labute approximate surface area is 318 Å². The van der Waals surface area contributed by atoms with Gasteiger partial charge in [0.05, 0.1) is 5.69 Å². The van der Waals surface area contributed by atoms with Gasteiger partial charge >= 0.3 is 0 Å². The van der Waals surface area contributed by atoms with Gasteiger partial charge in [0.25, 0.3) is 0 Å². The van der Waals surface area contributed by atoms with E-state index in [0.717, 1.165) is 46.0 Å². The van der Waals surface area contributed by atoms with Gasteiger partial charge in [-0.2, -0.15) is 0 Å². The monoisotopic (exact) mass is 701 g/mol. The predicted octanol–water partition coefficient (Wildman–Crippen LogP) is 14.1. The van der Waals surface area contributed by atoms with E-state index in [-0.39, 0.29) is 10.8 Å². The molecule has 266 valence electrons. The summed E-state index contributed by atoms with van der Waals surface area (Å²) in [7, 11) is 0. The average Bonchev–Trinajstić information content (AvgIpc) is 3.74. The van der Waals surface area contributed by atoms with Crippen LogP contribution >= 0.6 is 0 Å². The van der Waals surface area contributed by atoms with Crippen LogP contribution in [0.25, 0.3) is 44.2 Å². The number of hydrogen-bond donors (Lipinski definition) is 0. The van der Waals surface area contributed by atoms with Crippen molar-refractivity contribution in [1.82, 2.24) is 0 Å². The molecule has 4 bridgehead atoms. The molecule has 0 radical (unpaired) electrons. The van der Waals surface area contributed by atoms with Crippen LogP contribution in [0.5, 0.6) is 0 Å². The van der Waals surface area contributed by atoms with Gasteiger partial charge in [0, 0.05) is 33.0 Å². The Morgan fingerprint density at radius 3 is 1.61 bits per heavy atom. The van der Waals surface area contributed by atoms with Crippen LogP contribution in [-0.4, -0.2) is 0 Å². The third-order valence-corrected chi connectivity index (χ3v) is 15.0. The van der Waals surface area contributed by atoms with Crippen LogP contribution in [0.3, 0.4) is 0 Å². The van der Waals surface area contributed by atoms with E-state index in [0.29, 0.717) is 5.41 Å². The lowest BCUT2D eigenvalue weighted by Crippen LogP contribution is -2.48. The van der Waals surface area contributed by atoms with Gasteiger partial charge in [0.15, 0.2) is 5.58 Å². The quantitative estimate of drug-likeness (QED) is 0.182. The molecule has 1 heterocycles. The molecule has 2 heteroatoms. The predicted molar refractivity (Wildman–Crippen MR) is 223 cm³/mol. The molecule has 0 amide bonds. The average molecular weight is 702 g/mol. The van der Waals surface area contributed by atoms with Crippen molar-refractivity contribution in [3.63, 3.8) is 0 Å². The number of benzene rings is 6. The fourth-order valence-electron chi connectivity index (χ4n) is 12.8. The van der Waals surface area contributed by atoms with Gasteiger partial charge in [-0.05, 0) is 154 Å². The zero-order valence-corrected chi connectivity index (χ0v) is 31.9. The largest absolute Gasteiger partial charge is 0.454 e. The molecule has 6 aliphatic rings. The summed E-state index contributed by atoms with van der Waals surface area (Å²) in [6.07, 6.45) is 8.51. The number of anilines is 3. The number of fused-ring (bicyclic) bond motifs is 9. The molecule has 4 saturated carbocycles. The van der Waals surface area contributed by atoms with E-state index in [1.54, 1.807) is 5.56 Å². The maximum absolute atomic E-state index is 7.01. The molecule has 0 spiro atoms. The van der Waals surface area contributed by atoms with Gasteiger partial charge in [0.1, 0.15) is 5.58 Å². The fourth-order valence-corrected chi connectivity index (χ4v) is 12.8. The highest BCUT2D eigenvalue weighted by molar-refractivity contribution is 6.10. The lowest BCUT2D eigenvalue weighted by atomic mass is 9.48. The zero-order valence-electron chi connectivity index (χ0n) is 31.9. The highest BCUT2D eigenvalue weighted by Gasteiger charge is 2.51. The van der Waals surface area contributed by atoms with Crippen LogP contribution < -0.4 is 4.90 Å². The van der Waals surface area contributed by atoms with Crippen LogP contribution in [0.1, 0.15) is 94.0 Å². The summed E-state index contributed by atoms with van der Waals surface area (Å²) in [5, 5.41) is 2.47. The first kappa shape index (κ1) is 31.3. The van der Waals surface area contributed by atoms with E-state index < -0.39 is 0 Å². The molecule has 0 unspecified atom stereocenters.